The molecule has 0 unspecified atom stereocenters. The van der Waals surface area contributed by atoms with Crippen molar-refractivity contribution >= 4 is 11.6 Å². The minimum Gasteiger partial charge on any atom is -0.388 e. The minimum atomic E-state index is -0.258. The highest BCUT2D eigenvalue weighted by molar-refractivity contribution is 5.93. The molecule has 21 heavy (non-hydrogen) atoms. The number of aryl methyl sites for hydroxylation is 2. The Balaban J connectivity index is 2.07. The molecule has 0 aliphatic carbocycles. The molecule has 1 amide bonds. The third-order valence-corrected chi connectivity index (χ3v) is 3.23. The van der Waals surface area contributed by atoms with E-state index in [1.165, 1.54) is 0 Å². The van der Waals surface area contributed by atoms with Gasteiger partial charge in [-0.25, -0.2) is 4.39 Å². The zero-order chi connectivity index (χ0) is 15.4. The number of rotatable bonds is 4. The first-order valence-corrected chi connectivity index (χ1v) is 6.69. The smallest absolute Gasteiger partial charge is 0.270 e. The normalized spacial score (nSPS) is 10.3. The SMILES string of the molecule is CNc1ccnc(C(=O)NCc2cc(C)c(F)c(C)c2)c1. The monoisotopic (exact) mass is 287 g/mol. The number of nitrogens with zero attached hydrogens (tertiary/aromatic N) is 1. The second kappa shape index (κ2) is 6.35. The van der Waals surface area contributed by atoms with E-state index in [0.717, 1.165) is 11.3 Å². The Morgan fingerprint density at radius 2 is 1.90 bits per heavy atom. The first-order valence-electron chi connectivity index (χ1n) is 6.69. The number of carbonyl (C=O) groups is 1. The number of carbonyl (C=O) groups excluding carboxylic acids is 1. The van der Waals surface area contributed by atoms with Gasteiger partial charge in [-0.1, -0.05) is 12.1 Å². The van der Waals surface area contributed by atoms with Gasteiger partial charge in [0.1, 0.15) is 11.5 Å². The number of hydrogen-bond donors (Lipinski definition) is 2. The van der Waals surface area contributed by atoms with Crippen LogP contribution in [0.1, 0.15) is 27.2 Å². The number of benzene rings is 1. The maximum Gasteiger partial charge on any atom is 0.270 e. The lowest BCUT2D eigenvalue weighted by Crippen LogP contribution is -2.24. The molecular formula is C16H18FN3O. The van der Waals surface area contributed by atoms with Crippen LogP contribution in [0.2, 0.25) is 0 Å². The fourth-order valence-electron chi connectivity index (χ4n) is 2.12. The Morgan fingerprint density at radius 1 is 1.24 bits per heavy atom. The van der Waals surface area contributed by atoms with Gasteiger partial charge in [-0.05, 0) is 42.7 Å². The summed E-state index contributed by atoms with van der Waals surface area (Å²) in [4.78, 5) is 16.1. The van der Waals surface area contributed by atoms with Crippen molar-refractivity contribution in [2.75, 3.05) is 12.4 Å². The Bertz CT molecular complexity index is 647. The summed E-state index contributed by atoms with van der Waals surface area (Å²) < 4.78 is 13.6. The third-order valence-electron chi connectivity index (χ3n) is 3.23. The van der Waals surface area contributed by atoms with Gasteiger partial charge in [-0.3, -0.25) is 9.78 Å². The van der Waals surface area contributed by atoms with Gasteiger partial charge in [0.2, 0.25) is 0 Å². The fraction of sp³-hybridized carbons (Fsp3) is 0.250. The standard InChI is InChI=1S/C16H18FN3O/c1-10-6-12(7-11(2)15(10)17)9-20-16(21)14-8-13(18-3)4-5-19-14/h4-8H,9H2,1-3H3,(H,18,19)(H,20,21). The number of halogens is 1. The lowest BCUT2D eigenvalue weighted by molar-refractivity contribution is 0.0946. The molecule has 0 atom stereocenters. The number of anilines is 1. The largest absolute Gasteiger partial charge is 0.388 e. The fourth-order valence-corrected chi connectivity index (χ4v) is 2.12. The first-order chi connectivity index (χ1) is 10.0. The molecule has 110 valence electrons. The summed E-state index contributed by atoms with van der Waals surface area (Å²) in [5.74, 6) is -0.458. The molecule has 0 fully saturated rings. The van der Waals surface area contributed by atoms with Gasteiger partial charge in [0.15, 0.2) is 0 Å². The highest BCUT2D eigenvalue weighted by Gasteiger charge is 2.09. The van der Waals surface area contributed by atoms with Gasteiger partial charge >= 0.3 is 0 Å². The summed E-state index contributed by atoms with van der Waals surface area (Å²) in [5, 5.41) is 5.74. The second-order valence-electron chi connectivity index (χ2n) is 4.91. The second-order valence-corrected chi connectivity index (χ2v) is 4.91. The minimum absolute atomic E-state index is 0.200. The summed E-state index contributed by atoms with van der Waals surface area (Å²) in [6.45, 7) is 3.77. The van der Waals surface area contributed by atoms with Crippen LogP contribution in [-0.4, -0.2) is 17.9 Å². The molecule has 0 saturated carbocycles. The Kier molecular flexibility index (Phi) is 4.52. The van der Waals surface area contributed by atoms with Crippen LogP contribution >= 0.6 is 0 Å². The molecule has 0 radical (unpaired) electrons. The van der Waals surface area contributed by atoms with E-state index in [1.807, 2.05) is 0 Å². The van der Waals surface area contributed by atoms with E-state index in [1.54, 1.807) is 51.4 Å². The van der Waals surface area contributed by atoms with Crippen molar-refractivity contribution < 1.29 is 9.18 Å². The molecule has 0 spiro atoms. The van der Waals surface area contributed by atoms with Crippen LogP contribution in [0.5, 0.6) is 0 Å². The molecule has 2 aromatic rings. The molecule has 4 nitrogen and oxygen atoms in total. The number of pyridine rings is 1. The van der Waals surface area contributed by atoms with E-state index in [9.17, 15) is 9.18 Å². The van der Waals surface area contributed by atoms with Gasteiger partial charge < -0.3 is 10.6 Å². The molecule has 0 bridgehead atoms. The first kappa shape index (κ1) is 15.0. The van der Waals surface area contributed by atoms with E-state index < -0.39 is 0 Å². The maximum absolute atomic E-state index is 13.6. The van der Waals surface area contributed by atoms with Crippen molar-refractivity contribution in [3.05, 3.63) is 58.7 Å². The summed E-state index contributed by atoms with van der Waals surface area (Å²) >= 11 is 0. The average molecular weight is 287 g/mol. The zero-order valence-electron chi connectivity index (χ0n) is 12.3. The lowest BCUT2D eigenvalue weighted by atomic mass is 10.1. The summed E-state index contributed by atoms with van der Waals surface area (Å²) in [6.07, 6.45) is 1.58. The van der Waals surface area contributed by atoms with Crippen LogP contribution in [0.3, 0.4) is 0 Å². The van der Waals surface area contributed by atoms with Crippen molar-refractivity contribution in [1.82, 2.24) is 10.3 Å². The van der Waals surface area contributed by atoms with Gasteiger partial charge in [0.25, 0.3) is 5.91 Å². The van der Waals surface area contributed by atoms with Crippen molar-refractivity contribution in [2.24, 2.45) is 0 Å². The molecule has 0 saturated heterocycles. The van der Waals surface area contributed by atoms with Gasteiger partial charge in [0.05, 0.1) is 0 Å². The van der Waals surface area contributed by atoms with Crippen LogP contribution in [0.15, 0.2) is 30.5 Å². The molecule has 0 aliphatic heterocycles. The van der Waals surface area contributed by atoms with E-state index >= 15 is 0 Å². The maximum atomic E-state index is 13.6. The quantitative estimate of drug-likeness (QED) is 0.909. The third kappa shape index (κ3) is 3.56. The number of hydrogen-bond acceptors (Lipinski definition) is 3. The van der Waals surface area contributed by atoms with Crippen LogP contribution in [0, 0.1) is 19.7 Å². The molecule has 0 aliphatic rings. The predicted molar refractivity (Wildman–Crippen MR) is 80.8 cm³/mol. The highest BCUT2D eigenvalue weighted by Crippen LogP contribution is 2.14. The van der Waals surface area contributed by atoms with Crippen LogP contribution in [-0.2, 0) is 6.54 Å². The van der Waals surface area contributed by atoms with Crippen LogP contribution in [0.4, 0.5) is 10.1 Å². The van der Waals surface area contributed by atoms with Gasteiger partial charge in [-0.15, -0.1) is 0 Å². The topological polar surface area (TPSA) is 54.0 Å². The van der Waals surface area contributed by atoms with Crippen molar-refractivity contribution in [2.45, 2.75) is 20.4 Å². The Labute approximate surface area is 123 Å². The molecular weight excluding hydrogens is 269 g/mol. The zero-order valence-corrected chi connectivity index (χ0v) is 12.3. The number of nitrogens with one attached hydrogen (secondary N) is 2. The van der Waals surface area contributed by atoms with Crippen LogP contribution < -0.4 is 10.6 Å². The highest BCUT2D eigenvalue weighted by atomic mass is 19.1. The molecule has 1 aromatic heterocycles. The van der Waals surface area contributed by atoms with Gasteiger partial charge in [-0.2, -0.15) is 0 Å². The van der Waals surface area contributed by atoms with Crippen molar-refractivity contribution in [3.63, 3.8) is 0 Å². The van der Waals surface area contributed by atoms with E-state index in [4.69, 9.17) is 0 Å². The summed E-state index contributed by atoms with van der Waals surface area (Å²) in [5.41, 5.74) is 3.19. The predicted octanol–water partition coefficient (Wildman–Crippen LogP) is 2.81. The number of amides is 1. The van der Waals surface area contributed by atoms with E-state index in [2.05, 4.69) is 15.6 Å². The Morgan fingerprint density at radius 3 is 2.52 bits per heavy atom. The molecule has 1 heterocycles. The van der Waals surface area contributed by atoms with E-state index in [-0.39, 0.29) is 11.7 Å². The van der Waals surface area contributed by atoms with Crippen LogP contribution in [0.25, 0.3) is 0 Å². The molecule has 2 N–H and O–H groups in total. The summed E-state index contributed by atoms with van der Waals surface area (Å²) in [7, 11) is 1.78. The molecule has 2 rings (SSSR count). The Hall–Kier alpha value is -2.43. The van der Waals surface area contributed by atoms with Crippen molar-refractivity contribution in [3.8, 4) is 0 Å². The summed E-state index contributed by atoms with van der Waals surface area (Å²) in [6, 6.07) is 6.93. The van der Waals surface area contributed by atoms with Gasteiger partial charge in [0, 0.05) is 25.5 Å². The average Bonchev–Trinajstić information content (AvgIpc) is 2.50. The molecule has 5 heteroatoms. The molecule has 1 aromatic carbocycles. The van der Waals surface area contributed by atoms with E-state index in [0.29, 0.717) is 23.4 Å². The van der Waals surface area contributed by atoms with Crippen molar-refractivity contribution in [1.29, 1.82) is 0 Å². The number of aromatic nitrogens is 1. The lowest BCUT2D eigenvalue weighted by Gasteiger charge is -2.09.